The summed E-state index contributed by atoms with van der Waals surface area (Å²) in [4.78, 5) is 28.7. The van der Waals surface area contributed by atoms with Gasteiger partial charge in [-0.2, -0.15) is 0 Å². The molecule has 0 unspecified atom stereocenters. The van der Waals surface area contributed by atoms with Crippen molar-refractivity contribution in [3.8, 4) is 5.88 Å². The number of rotatable bonds is 8. The smallest absolute Gasteiger partial charge is 0.320 e. The molecule has 0 spiro atoms. The molecule has 4 rings (SSSR count). The number of ether oxygens (including phenoxy) is 2. The Hall–Kier alpha value is -3.53. The average Bonchev–Trinajstić information content (AvgIpc) is 3.32. The van der Waals surface area contributed by atoms with Crippen molar-refractivity contribution in [2.45, 2.75) is 45.1 Å². The standard InChI is InChI=1S/C24H24ClFN4O5/c1-13-9-21(34-17-6-3-14(4-7-17)23(32)33-2)27-12-15(13)10-20(31)22-29-30-24(35-22)28-16-5-8-18(25)19(26)11-16/h5,8-9,11-12,14,17H,3-4,6-7,10H2,1-2H3,(H,28,30). The number of ketones is 1. The van der Waals surface area contributed by atoms with Gasteiger partial charge in [0.25, 0.3) is 5.89 Å². The van der Waals surface area contributed by atoms with Gasteiger partial charge in [0, 0.05) is 24.4 Å². The monoisotopic (exact) mass is 502 g/mol. The predicted octanol–water partition coefficient (Wildman–Crippen LogP) is 4.85. The molecule has 3 aromatic rings. The third-order valence-electron chi connectivity index (χ3n) is 5.88. The molecule has 2 heterocycles. The summed E-state index contributed by atoms with van der Waals surface area (Å²) in [5.41, 5.74) is 1.88. The summed E-state index contributed by atoms with van der Waals surface area (Å²) in [6.07, 6.45) is 4.52. The minimum atomic E-state index is -0.600. The second kappa shape index (κ2) is 10.8. The van der Waals surface area contributed by atoms with E-state index in [1.54, 1.807) is 18.3 Å². The minimum absolute atomic E-state index is 0.0108. The van der Waals surface area contributed by atoms with Crippen LogP contribution < -0.4 is 10.1 Å². The molecule has 184 valence electrons. The number of pyridine rings is 1. The minimum Gasteiger partial charge on any atom is -0.474 e. The van der Waals surface area contributed by atoms with E-state index in [0.29, 0.717) is 17.1 Å². The van der Waals surface area contributed by atoms with Crippen LogP contribution in [0.1, 0.15) is 47.5 Å². The maximum Gasteiger partial charge on any atom is 0.320 e. The van der Waals surface area contributed by atoms with E-state index in [9.17, 15) is 14.0 Å². The van der Waals surface area contributed by atoms with Crippen LogP contribution >= 0.6 is 11.6 Å². The molecular weight excluding hydrogens is 479 g/mol. The molecule has 1 aliphatic carbocycles. The predicted molar refractivity (Wildman–Crippen MR) is 124 cm³/mol. The second-order valence-electron chi connectivity index (χ2n) is 8.33. The van der Waals surface area contributed by atoms with Crippen LogP contribution in [0, 0.1) is 18.7 Å². The Morgan fingerprint density at radius 3 is 2.66 bits per heavy atom. The number of nitrogens with zero attached hydrogens (tertiary/aromatic N) is 3. The molecule has 1 aliphatic rings. The number of hydrogen-bond acceptors (Lipinski definition) is 9. The van der Waals surface area contributed by atoms with Gasteiger partial charge in [0.15, 0.2) is 0 Å². The fourth-order valence-electron chi connectivity index (χ4n) is 3.89. The van der Waals surface area contributed by atoms with E-state index in [2.05, 4.69) is 20.5 Å². The first-order valence-corrected chi connectivity index (χ1v) is 11.5. The van der Waals surface area contributed by atoms with Crippen LogP contribution in [0.15, 0.2) is 34.9 Å². The van der Waals surface area contributed by atoms with Crippen molar-refractivity contribution >= 4 is 35.1 Å². The van der Waals surface area contributed by atoms with Crippen molar-refractivity contribution in [1.82, 2.24) is 15.2 Å². The van der Waals surface area contributed by atoms with Gasteiger partial charge in [-0.05, 0) is 61.9 Å². The molecule has 0 radical (unpaired) electrons. The number of Topliss-reactive ketones (excluding diaryl/α,β-unsaturated/α-hetero) is 1. The van der Waals surface area contributed by atoms with Gasteiger partial charge in [0.1, 0.15) is 11.9 Å². The molecule has 0 amide bonds. The number of nitrogens with one attached hydrogen (secondary N) is 1. The molecule has 1 saturated carbocycles. The highest BCUT2D eigenvalue weighted by Gasteiger charge is 2.28. The van der Waals surface area contributed by atoms with Crippen molar-refractivity contribution in [3.05, 3.63) is 58.3 Å². The number of methoxy groups -OCH3 is 1. The van der Waals surface area contributed by atoms with Crippen molar-refractivity contribution in [1.29, 1.82) is 0 Å². The van der Waals surface area contributed by atoms with Crippen molar-refractivity contribution < 1.29 is 27.9 Å². The van der Waals surface area contributed by atoms with Gasteiger partial charge in [0.2, 0.25) is 11.7 Å². The highest BCUT2D eigenvalue weighted by molar-refractivity contribution is 6.30. The summed E-state index contributed by atoms with van der Waals surface area (Å²) in [6.45, 7) is 1.86. The lowest BCUT2D eigenvalue weighted by Crippen LogP contribution is -2.28. The number of anilines is 2. The highest BCUT2D eigenvalue weighted by atomic mass is 35.5. The number of halogens is 2. The lowest BCUT2D eigenvalue weighted by Gasteiger charge is -2.27. The van der Waals surface area contributed by atoms with Crippen LogP contribution in [0.2, 0.25) is 5.02 Å². The van der Waals surface area contributed by atoms with Crippen molar-refractivity contribution in [2.24, 2.45) is 5.92 Å². The molecule has 2 aromatic heterocycles. The lowest BCUT2D eigenvalue weighted by atomic mass is 9.87. The number of benzene rings is 1. The molecule has 9 nitrogen and oxygen atoms in total. The number of esters is 1. The fourth-order valence-corrected chi connectivity index (χ4v) is 4.01. The average molecular weight is 503 g/mol. The molecule has 1 N–H and O–H groups in total. The first-order valence-electron chi connectivity index (χ1n) is 11.1. The van der Waals surface area contributed by atoms with Crippen molar-refractivity contribution in [3.63, 3.8) is 0 Å². The normalized spacial score (nSPS) is 17.6. The largest absolute Gasteiger partial charge is 0.474 e. The summed E-state index contributed by atoms with van der Waals surface area (Å²) in [5.74, 6) is -0.932. The quantitative estimate of drug-likeness (QED) is 0.341. The van der Waals surface area contributed by atoms with Crippen LogP contribution in [-0.2, 0) is 16.0 Å². The first kappa shape index (κ1) is 24.6. The van der Waals surface area contributed by atoms with Gasteiger partial charge >= 0.3 is 12.0 Å². The van der Waals surface area contributed by atoms with Crippen LogP contribution in [0.25, 0.3) is 0 Å². The number of aryl methyl sites for hydroxylation is 1. The lowest BCUT2D eigenvalue weighted by molar-refractivity contribution is -0.147. The zero-order chi connectivity index (χ0) is 24.9. The Kier molecular flexibility index (Phi) is 7.60. The van der Waals surface area contributed by atoms with Gasteiger partial charge in [-0.1, -0.05) is 16.7 Å². The summed E-state index contributed by atoms with van der Waals surface area (Å²) in [7, 11) is 1.40. The number of hydrogen-bond donors (Lipinski definition) is 1. The Balaban J connectivity index is 1.33. The van der Waals surface area contributed by atoms with Gasteiger partial charge in [-0.15, -0.1) is 5.10 Å². The highest BCUT2D eigenvalue weighted by Crippen LogP contribution is 2.28. The molecular formula is C24H24ClFN4O5. The molecule has 35 heavy (non-hydrogen) atoms. The van der Waals surface area contributed by atoms with Gasteiger partial charge in [-0.3, -0.25) is 9.59 Å². The molecule has 1 aromatic carbocycles. The van der Waals surface area contributed by atoms with E-state index in [4.69, 9.17) is 25.5 Å². The van der Waals surface area contributed by atoms with Crippen molar-refractivity contribution in [2.75, 3.05) is 12.4 Å². The molecule has 0 bridgehead atoms. The summed E-state index contributed by atoms with van der Waals surface area (Å²) in [5, 5.41) is 10.3. The van der Waals surface area contributed by atoms with E-state index in [1.807, 2.05) is 6.92 Å². The zero-order valence-corrected chi connectivity index (χ0v) is 20.0. The van der Waals surface area contributed by atoms with Crippen LogP contribution in [-0.4, -0.2) is 40.1 Å². The van der Waals surface area contributed by atoms with Crippen LogP contribution in [0.3, 0.4) is 0 Å². The van der Waals surface area contributed by atoms with Crippen LogP contribution in [0.5, 0.6) is 5.88 Å². The molecule has 1 fully saturated rings. The summed E-state index contributed by atoms with van der Waals surface area (Å²) < 4.78 is 29.8. The zero-order valence-electron chi connectivity index (χ0n) is 19.2. The molecule has 11 heteroatoms. The Labute approximate surface area is 206 Å². The maximum absolute atomic E-state index is 13.6. The molecule has 0 atom stereocenters. The van der Waals surface area contributed by atoms with E-state index < -0.39 is 5.82 Å². The Bertz CT molecular complexity index is 1230. The number of aromatic nitrogens is 3. The Morgan fingerprint density at radius 1 is 1.20 bits per heavy atom. The first-order chi connectivity index (χ1) is 16.8. The van der Waals surface area contributed by atoms with Gasteiger partial charge < -0.3 is 19.2 Å². The molecule has 0 saturated heterocycles. The van der Waals surface area contributed by atoms with E-state index in [0.717, 1.165) is 31.2 Å². The maximum atomic E-state index is 13.6. The molecule has 0 aliphatic heterocycles. The topological polar surface area (TPSA) is 116 Å². The Morgan fingerprint density at radius 2 is 1.97 bits per heavy atom. The third-order valence-corrected chi connectivity index (χ3v) is 6.18. The van der Waals surface area contributed by atoms with Gasteiger partial charge in [-0.25, -0.2) is 9.37 Å². The number of carbonyl (C=O) groups excluding carboxylic acids is 2. The van der Waals surface area contributed by atoms with Gasteiger partial charge in [0.05, 0.1) is 18.1 Å². The second-order valence-corrected chi connectivity index (χ2v) is 8.74. The van der Waals surface area contributed by atoms with Crippen LogP contribution in [0.4, 0.5) is 16.1 Å². The number of carbonyl (C=O) groups is 2. The SMILES string of the molecule is COC(=O)C1CCC(Oc2cc(C)c(CC(=O)c3nnc(Nc4ccc(Cl)c(F)c4)o3)cn2)CC1. The third kappa shape index (κ3) is 6.13. The summed E-state index contributed by atoms with van der Waals surface area (Å²) in [6, 6.07) is 5.84. The summed E-state index contributed by atoms with van der Waals surface area (Å²) >= 11 is 5.67. The fraction of sp³-hybridized carbons (Fsp3) is 0.375. The van der Waals surface area contributed by atoms with E-state index >= 15 is 0 Å². The van der Waals surface area contributed by atoms with E-state index in [-0.39, 0.29) is 47.1 Å². The van der Waals surface area contributed by atoms with E-state index in [1.165, 1.54) is 19.2 Å².